The first-order chi connectivity index (χ1) is 13.0. The van der Waals surface area contributed by atoms with Crippen molar-refractivity contribution in [2.24, 2.45) is 5.92 Å². The summed E-state index contributed by atoms with van der Waals surface area (Å²) in [6.45, 7) is 3.24. The van der Waals surface area contributed by atoms with Gasteiger partial charge < -0.3 is 15.0 Å². The number of aryl methyl sites for hydroxylation is 1. The molecule has 9 heteroatoms. The molecule has 0 spiro atoms. The summed E-state index contributed by atoms with van der Waals surface area (Å²) in [7, 11) is 1.43. The molecule has 0 bridgehead atoms. The normalized spacial score (nSPS) is 14.7. The highest BCUT2D eigenvalue weighted by molar-refractivity contribution is 5.95. The maximum Gasteiger partial charge on any atom is 0.296 e. The average Bonchev–Trinajstić information content (AvgIpc) is 2.69. The number of hydrogen-bond acceptors (Lipinski definition) is 7. The fourth-order valence-corrected chi connectivity index (χ4v) is 3.06. The molecule has 1 N–H and O–H groups in total. The molecule has 1 aliphatic rings. The van der Waals surface area contributed by atoms with E-state index in [2.05, 4.69) is 20.4 Å². The van der Waals surface area contributed by atoms with Crippen molar-refractivity contribution in [1.82, 2.24) is 10.2 Å². The highest BCUT2D eigenvalue weighted by Gasteiger charge is 2.27. The number of nitro benzene ring substituents is 1. The smallest absolute Gasteiger partial charge is 0.296 e. The van der Waals surface area contributed by atoms with Crippen molar-refractivity contribution in [2.75, 3.05) is 30.4 Å². The van der Waals surface area contributed by atoms with E-state index in [0.717, 1.165) is 11.5 Å². The largest absolute Gasteiger partial charge is 0.496 e. The molecule has 2 heterocycles. The number of piperidine rings is 1. The molecule has 0 radical (unpaired) electrons. The van der Waals surface area contributed by atoms with Crippen molar-refractivity contribution in [3.05, 3.63) is 46.1 Å². The van der Waals surface area contributed by atoms with E-state index in [9.17, 15) is 14.9 Å². The van der Waals surface area contributed by atoms with Gasteiger partial charge in [0.25, 0.3) is 5.69 Å². The number of benzene rings is 1. The van der Waals surface area contributed by atoms with Gasteiger partial charge >= 0.3 is 0 Å². The van der Waals surface area contributed by atoms with Crippen LogP contribution in [0.1, 0.15) is 18.5 Å². The Kier molecular flexibility index (Phi) is 5.49. The van der Waals surface area contributed by atoms with Crippen molar-refractivity contribution in [1.29, 1.82) is 0 Å². The molecule has 1 aromatic heterocycles. The molecule has 0 saturated carbocycles. The van der Waals surface area contributed by atoms with E-state index in [1.54, 1.807) is 6.07 Å². The molecule has 2 aromatic rings. The average molecular weight is 371 g/mol. The van der Waals surface area contributed by atoms with Crippen LogP contribution in [0.3, 0.4) is 0 Å². The zero-order valence-electron chi connectivity index (χ0n) is 15.2. The summed E-state index contributed by atoms with van der Waals surface area (Å²) in [4.78, 5) is 25.4. The van der Waals surface area contributed by atoms with Crippen LogP contribution >= 0.6 is 0 Å². The second-order valence-corrected chi connectivity index (χ2v) is 6.42. The summed E-state index contributed by atoms with van der Waals surface area (Å²) in [6.07, 6.45) is 1.29. The van der Waals surface area contributed by atoms with Gasteiger partial charge in [0.05, 0.1) is 23.8 Å². The van der Waals surface area contributed by atoms with Crippen LogP contribution < -0.4 is 15.0 Å². The SMILES string of the molecule is COc1ccc(NC(=O)C2CCN(c3ccc(C)nn3)CC2)c([N+](=O)[O-])c1. The number of rotatable bonds is 5. The molecule has 27 heavy (non-hydrogen) atoms. The molecule has 1 aromatic carbocycles. The summed E-state index contributed by atoms with van der Waals surface area (Å²) in [6, 6.07) is 8.20. The quantitative estimate of drug-likeness (QED) is 0.635. The van der Waals surface area contributed by atoms with Gasteiger partial charge in [-0.25, -0.2) is 0 Å². The Morgan fingerprint density at radius 1 is 1.26 bits per heavy atom. The number of carbonyl (C=O) groups excluding carboxylic acids is 1. The van der Waals surface area contributed by atoms with Crippen LogP contribution in [0.4, 0.5) is 17.2 Å². The number of ether oxygens (including phenoxy) is 1. The minimum atomic E-state index is -0.531. The summed E-state index contributed by atoms with van der Waals surface area (Å²) in [5, 5.41) is 22.2. The number of nitro groups is 1. The zero-order valence-corrected chi connectivity index (χ0v) is 15.2. The molecular weight excluding hydrogens is 350 g/mol. The number of aromatic nitrogens is 2. The first kappa shape index (κ1) is 18.6. The Balaban J connectivity index is 1.63. The third-order valence-corrected chi connectivity index (χ3v) is 4.63. The number of hydrogen-bond donors (Lipinski definition) is 1. The third-order valence-electron chi connectivity index (χ3n) is 4.63. The standard InChI is InChI=1S/C18H21N5O4/c1-12-3-6-17(21-20-12)22-9-7-13(8-10-22)18(24)19-15-5-4-14(27-2)11-16(15)23(25)26/h3-6,11,13H,7-10H2,1-2H3,(H,19,24). The van der Waals surface area contributed by atoms with Gasteiger partial charge in [0.2, 0.25) is 5.91 Å². The fraction of sp³-hybridized carbons (Fsp3) is 0.389. The molecule has 1 amide bonds. The Morgan fingerprint density at radius 2 is 2.00 bits per heavy atom. The molecule has 1 aliphatic heterocycles. The first-order valence-corrected chi connectivity index (χ1v) is 8.66. The predicted octanol–water partition coefficient (Wildman–Crippen LogP) is 2.56. The minimum Gasteiger partial charge on any atom is -0.496 e. The van der Waals surface area contributed by atoms with E-state index in [1.807, 2.05) is 19.1 Å². The van der Waals surface area contributed by atoms with E-state index >= 15 is 0 Å². The lowest BCUT2D eigenvalue weighted by molar-refractivity contribution is -0.384. The molecule has 3 rings (SSSR count). The second-order valence-electron chi connectivity index (χ2n) is 6.42. The van der Waals surface area contributed by atoms with Crippen molar-refractivity contribution in [3.63, 3.8) is 0 Å². The highest BCUT2D eigenvalue weighted by atomic mass is 16.6. The molecule has 9 nitrogen and oxygen atoms in total. The topological polar surface area (TPSA) is 110 Å². The molecule has 0 unspecified atom stereocenters. The Morgan fingerprint density at radius 3 is 2.59 bits per heavy atom. The number of anilines is 2. The van der Waals surface area contributed by atoms with Crippen molar-refractivity contribution in [2.45, 2.75) is 19.8 Å². The molecular formula is C18H21N5O4. The van der Waals surface area contributed by atoms with Crippen LogP contribution in [0.2, 0.25) is 0 Å². The lowest BCUT2D eigenvalue weighted by Gasteiger charge is -2.31. The molecule has 0 aliphatic carbocycles. The number of nitrogens with one attached hydrogen (secondary N) is 1. The monoisotopic (exact) mass is 371 g/mol. The predicted molar refractivity (Wildman–Crippen MR) is 100.0 cm³/mol. The number of amides is 1. The van der Waals surface area contributed by atoms with Crippen LogP contribution in [0.25, 0.3) is 0 Å². The molecule has 0 atom stereocenters. The van der Waals surface area contributed by atoms with Crippen molar-refractivity contribution < 1.29 is 14.5 Å². The second kappa shape index (κ2) is 7.98. The van der Waals surface area contributed by atoms with E-state index in [1.165, 1.54) is 19.2 Å². The fourth-order valence-electron chi connectivity index (χ4n) is 3.06. The Bertz CT molecular complexity index is 832. The van der Waals surface area contributed by atoms with E-state index in [4.69, 9.17) is 4.74 Å². The van der Waals surface area contributed by atoms with Gasteiger partial charge in [-0.15, -0.1) is 5.10 Å². The summed E-state index contributed by atoms with van der Waals surface area (Å²) in [5.74, 6) is 0.747. The molecule has 1 fully saturated rings. The zero-order chi connectivity index (χ0) is 19.4. The number of nitrogens with zero attached hydrogens (tertiary/aromatic N) is 4. The van der Waals surface area contributed by atoms with E-state index in [-0.39, 0.29) is 23.2 Å². The van der Waals surface area contributed by atoms with Gasteiger partial charge in [-0.2, -0.15) is 5.10 Å². The Labute approximate surface area is 156 Å². The van der Waals surface area contributed by atoms with E-state index < -0.39 is 4.92 Å². The van der Waals surface area contributed by atoms with Gasteiger partial charge in [0.15, 0.2) is 5.82 Å². The minimum absolute atomic E-state index is 0.178. The summed E-state index contributed by atoms with van der Waals surface area (Å²) >= 11 is 0. The van der Waals surface area contributed by atoms with Crippen LogP contribution in [0, 0.1) is 23.0 Å². The number of methoxy groups -OCH3 is 1. The lowest BCUT2D eigenvalue weighted by atomic mass is 9.95. The molecule has 1 saturated heterocycles. The maximum atomic E-state index is 12.6. The summed E-state index contributed by atoms with van der Waals surface area (Å²) in [5.41, 5.74) is 0.849. The Hall–Kier alpha value is -3.23. The first-order valence-electron chi connectivity index (χ1n) is 8.66. The van der Waals surface area contributed by atoms with Gasteiger partial charge in [0, 0.05) is 19.0 Å². The third kappa shape index (κ3) is 4.30. The van der Waals surface area contributed by atoms with Crippen LogP contribution in [0.5, 0.6) is 5.75 Å². The van der Waals surface area contributed by atoms with Crippen LogP contribution in [0.15, 0.2) is 30.3 Å². The maximum absolute atomic E-state index is 12.6. The van der Waals surface area contributed by atoms with Gasteiger partial charge in [-0.1, -0.05) is 0 Å². The van der Waals surface area contributed by atoms with Crippen molar-refractivity contribution in [3.8, 4) is 5.75 Å². The van der Waals surface area contributed by atoms with Crippen LogP contribution in [-0.2, 0) is 4.79 Å². The lowest BCUT2D eigenvalue weighted by Crippen LogP contribution is -2.38. The summed E-state index contributed by atoms with van der Waals surface area (Å²) < 4.78 is 5.01. The van der Waals surface area contributed by atoms with Crippen molar-refractivity contribution >= 4 is 23.1 Å². The van der Waals surface area contributed by atoms with Gasteiger partial charge in [0.1, 0.15) is 11.4 Å². The number of carbonyl (C=O) groups is 1. The van der Waals surface area contributed by atoms with E-state index in [0.29, 0.717) is 31.7 Å². The van der Waals surface area contributed by atoms with Crippen LogP contribution in [-0.4, -0.2) is 41.2 Å². The van der Waals surface area contributed by atoms with Gasteiger partial charge in [-0.3, -0.25) is 14.9 Å². The van der Waals surface area contributed by atoms with Gasteiger partial charge in [-0.05, 0) is 44.0 Å². The molecule has 142 valence electrons. The highest BCUT2D eigenvalue weighted by Crippen LogP contribution is 2.30.